The van der Waals surface area contributed by atoms with Crippen molar-refractivity contribution in [3.63, 3.8) is 0 Å². The molecule has 2 unspecified atom stereocenters. The fourth-order valence-corrected chi connectivity index (χ4v) is 9.29. The fraction of sp³-hybridized carbons (Fsp3) is 0.625. The standard InChI is InChI=1S/C32H44ClFN6O7S/c1-31(2,3)47-30(43)40-10-9-39(25(41)17-40)8-5-11-48(45,46)18-32(44)15-20-12-19(13-21(20)16-32)27-26(28(35)38(4)37-27)29(42)36-22-6-7-24(34)23(33)14-22/h6-7,14,19-21,44H,5,8-13,15-18,35H2,1-4H3,(H,36,42). The summed E-state index contributed by atoms with van der Waals surface area (Å²) < 4.78 is 46.6. The second-order valence-electron chi connectivity index (χ2n) is 14.4. The first-order valence-electron chi connectivity index (χ1n) is 16.1. The van der Waals surface area contributed by atoms with Crippen LogP contribution in [0.3, 0.4) is 0 Å². The van der Waals surface area contributed by atoms with Gasteiger partial charge in [0, 0.05) is 38.3 Å². The highest BCUT2D eigenvalue weighted by Gasteiger charge is 2.51. The summed E-state index contributed by atoms with van der Waals surface area (Å²) in [5, 5.41) is 18.5. The fourth-order valence-electron chi connectivity index (χ4n) is 7.34. The van der Waals surface area contributed by atoms with Gasteiger partial charge in [0.15, 0.2) is 9.84 Å². The molecule has 0 radical (unpaired) electrons. The number of ether oxygens (including phenoxy) is 1. The Morgan fingerprint density at radius 3 is 2.48 bits per heavy atom. The van der Waals surface area contributed by atoms with Gasteiger partial charge in [-0.2, -0.15) is 5.10 Å². The van der Waals surface area contributed by atoms with Crippen LogP contribution in [0.2, 0.25) is 5.02 Å². The van der Waals surface area contributed by atoms with Crippen molar-refractivity contribution in [3.8, 4) is 0 Å². The molecule has 4 N–H and O–H groups in total. The zero-order chi connectivity index (χ0) is 35.2. The number of amides is 3. The minimum Gasteiger partial charge on any atom is -0.444 e. The lowest BCUT2D eigenvalue weighted by Gasteiger charge is -2.35. The molecule has 2 heterocycles. The van der Waals surface area contributed by atoms with Crippen LogP contribution in [0.5, 0.6) is 0 Å². The number of aromatic nitrogens is 2. The SMILES string of the molecule is Cn1nc(C2CC3CC(O)(CS(=O)(=O)CCCN4CCN(C(=O)OC(C)(C)C)CC4=O)CC3C2)c(C(=O)Nc2ccc(F)c(Cl)c2)c1N. The number of rotatable bonds is 9. The van der Waals surface area contributed by atoms with Gasteiger partial charge in [-0.3, -0.25) is 19.2 Å². The minimum atomic E-state index is -3.63. The van der Waals surface area contributed by atoms with Crippen molar-refractivity contribution in [1.82, 2.24) is 19.6 Å². The topological polar surface area (TPSA) is 177 Å². The number of nitrogens with zero attached hydrogens (tertiary/aromatic N) is 4. The van der Waals surface area contributed by atoms with Crippen LogP contribution < -0.4 is 11.1 Å². The third-order valence-corrected chi connectivity index (χ3v) is 11.6. The van der Waals surface area contributed by atoms with Crippen molar-refractivity contribution < 1.29 is 37.0 Å². The Hall–Kier alpha value is -3.43. The summed E-state index contributed by atoms with van der Waals surface area (Å²) in [6.07, 6.45) is 1.53. The third-order valence-electron chi connectivity index (χ3n) is 9.38. The average molecular weight is 711 g/mol. The van der Waals surface area contributed by atoms with E-state index in [0.29, 0.717) is 50.2 Å². The largest absolute Gasteiger partial charge is 0.444 e. The van der Waals surface area contributed by atoms with E-state index in [0.717, 1.165) is 6.07 Å². The highest BCUT2D eigenvalue weighted by atomic mass is 35.5. The molecule has 3 amide bonds. The first-order valence-corrected chi connectivity index (χ1v) is 18.3. The lowest BCUT2D eigenvalue weighted by Crippen LogP contribution is -2.53. The predicted octanol–water partition coefficient (Wildman–Crippen LogP) is 3.57. The summed E-state index contributed by atoms with van der Waals surface area (Å²) in [6, 6.07) is 3.86. The maximum Gasteiger partial charge on any atom is 0.410 e. The molecule has 264 valence electrons. The van der Waals surface area contributed by atoms with E-state index < -0.39 is 38.9 Å². The molecule has 3 fully saturated rings. The van der Waals surface area contributed by atoms with Gasteiger partial charge in [0.05, 0.1) is 27.8 Å². The second-order valence-corrected chi connectivity index (χ2v) is 17.0. The zero-order valence-electron chi connectivity index (χ0n) is 27.7. The Kier molecular flexibility index (Phi) is 10.1. The number of anilines is 2. The average Bonchev–Trinajstić information content (AvgIpc) is 3.58. The van der Waals surface area contributed by atoms with Gasteiger partial charge in [-0.05, 0) is 82.9 Å². The minimum absolute atomic E-state index is 0.0455. The monoisotopic (exact) mass is 710 g/mol. The van der Waals surface area contributed by atoms with E-state index in [9.17, 15) is 32.3 Å². The molecule has 1 aromatic carbocycles. The van der Waals surface area contributed by atoms with E-state index in [-0.39, 0.29) is 71.1 Å². The molecule has 1 saturated heterocycles. The summed E-state index contributed by atoms with van der Waals surface area (Å²) in [7, 11) is -1.99. The molecule has 13 nitrogen and oxygen atoms in total. The number of nitrogens with one attached hydrogen (secondary N) is 1. The van der Waals surface area contributed by atoms with E-state index in [2.05, 4.69) is 10.4 Å². The van der Waals surface area contributed by atoms with Crippen molar-refractivity contribution in [2.24, 2.45) is 18.9 Å². The van der Waals surface area contributed by atoms with Crippen LogP contribution in [0.15, 0.2) is 18.2 Å². The van der Waals surface area contributed by atoms with Crippen LogP contribution in [-0.4, -0.2) is 99.9 Å². The molecule has 2 aromatic rings. The number of halogens is 2. The number of aliphatic hydroxyl groups is 1. The number of nitrogens with two attached hydrogens (primary N) is 1. The normalized spacial score (nSPS) is 24.6. The lowest BCUT2D eigenvalue weighted by atomic mass is 9.92. The predicted molar refractivity (Wildman–Crippen MR) is 178 cm³/mol. The van der Waals surface area contributed by atoms with E-state index in [1.165, 1.54) is 21.7 Å². The molecule has 0 bridgehead atoms. The highest BCUT2D eigenvalue weighted by Crippen LogP contribution is 2.54. The maximum absolute atomic E-state index is 13.6. The van der Waals surface area contributed by atoms with Crippen LogP contribution in [0.25, 0.3) is 0 Å². The van der Waals surface area contributed by atoms with Crippen LogP contribution in [0, 0.1) is 17.7 Å². The van der Waals surface area contributed by atoms with Gasteiger partial charge >= 0.3 is 6.09 Å². The van der Waals surface area contributed by atoms with Crippen LogP contribution in [0.4, 0.5) is 20.7 Å². The van der Waals surface area contributed by atoms with Gasteiger partial charge < -0.3 is 25.8 Å². The van der Waals surface area contributed by atoms with Crippen molar-refractivity contribution in [3.05, 3.63) is 40.3 Å². The van der Waals surface area contributed by atoms with Crippen LogP contribution in [-0.2, 0) is 26.4 Å². The Morgan fingerprint density at radius 1 is 1.21 bits per heavy atom. The van der Waals surface area contributed by atoms with Crippen LogP contribution >= 0.6 is 11.6 Å². The molecule has 5 rings (SSSR count). The number of sulfone groups is 1. The Morgan fingerprint density at radius 2 is 1.88 bits per heavy atom. The van der Waals surface area contributed by atoms with Gasteiger partial charge in [0.25, 0.3) is 5.91 Å². The summed E-state index contributed by atoms with van der Waals surface area (Å²) in [5.74, 6) is -1.74. The molecule has 2 saturated carbocycles. The van der Waals surface area contributed by atoms with E-state index in [4.69, 9.17) is 22.1 Å². The molecule has 16 heteroatoms. The zero-order valence-corrected chi connectivity index (χ0v) is 29.2. The Labute approximate surface area is 284 Å². The van der Waals surface area contributed by atoms with E-state index >= 15 is 0 Å². The van der Waals surface area contributed by atoms with Gasteiger partial charge in [-0.15, -0.1) is 0 Å². The number of hydrogen-bond acceptors (Lipinski definition) is 9. The van der Waals surface area contributed by atoms with Crippen molar-refractivity contribution in [2.45, 2.75) is 70.0 Å². The number of aryl methyl sites for hydroxylation is 1. The molecule has 1 aliphatic heterocycles. The first-order chi connectivity index (χ1) is 22.3. The summed E-state index contributed by atoms with van der Waals surface area (Å²) >= 11 is 5.87. The van der Waals surface area contributed by atoms with Gasteiger partial charge in [-0.1, -0.05) is 11.6 Å². The Bertz CT molecular complexity index is 1680. The first kappa shape index (κ1) is 35.9. The highest BCUT2D eigenvalue weighted by molar-refractivity contribution is 7.91. The number of benzene rings is 1. The lowest BCUT2D eigenvalue weighted by molar-refractivity contribution is -0.135. The molecule has 0 spiro atoms. The number of nitrogen functional groups attached to an aromatic ring is 1. The van der Waals surface area contributed by atoms with Crippen molar-refractivity contribution >= 4 is 50.9 Å². The van der Waals surface area contributed by atoms with Crippen molar-refractivity contribution in [1.29, 1.82) is 0 Å². The summed E-state index contributed by atoms with van der Waals surface area (Å²) in [6.45, 7) is 5.97. The van der Waals surface area contributed by atoms with E-state index in [1.807, 2.05) is 0 Å². The molecule has 1 aromatic heterocycles. The number of carbonyl (C=O) groups excluding carboxylic acids is 3. The number of piperazine rings is 1. The number of hydrogen-bond donors (Lipinski definition) is 3. The van der Waals surface area contributed by atoms with Gasteiger partial charge in [0.1, 0.15) is 29.3 Å². The second kappa shape index (κ2) is 13.5. The van der Waals surface area contributed by atoms with Gasteiger partial charge in [0.2, 0.25) is 5.91 Å². The third kappa shape index (κ3) is 8.23. The maximum atomic E-state index is 13.6. The smallest absolute Gasteiger partial charge is 0.410 e. The molecule has 2 atom stereocenters. The molecule has 2 aliphatic carbocycles. The quantitative estimate of drug-likeness (QED) is 0.351. The molecule has 48 heavy (non-hydrogen) atoms. The molecular weight excluding hydrogens is 667 g/mol. The van der Waals surface area contributed by atoms with Gasteiger partial charge in [-0.25, -0.2) is 17.6 Å². The Balaban J connectivity index is 1.12. The summed E-state index contributed by atoms with van der Waals surface area (Å²) in [4.78, 5) is 41.1. The number of fused-ring (bicyclic) bond motifs is 1. The van der Waals surface area contributed by atoms with E-state index in [1.54, 1.807) is 32.7 Å². The summed E-state index contributed by atoms with van der Waals surface area (Å²) in [5.41, 5.74) is 5.28. The molecule has 3 aliphatic rings. The van der Waals surface area contributed by atoms with Crippen molar-refractivity contribution in [2.75, 3.05) is 48.7 Å². The van der Waals surface area contributed by atoms with Crippen LogP contribution in [0.1, 0.15) is 74.8 Å². The molecular formula is C32H44ClFN6O7S. The number of carbonyl (C=O) groups is 3.